The minimum Gasteiger partial charge on any atom is -0.378 e. The van der Waals surface area contributed by atoms with Gasteiger partial charge in [0, 0.05) is 36.1 Å². The van der Waals surface area contributed by atoms with Gasteiger partial charge in [-0.15, -0.1) is 0 Å². The first kappa shape index (κ1) is 17.9. The molecule has 0 atom stereocenters. The van der Waals surface area contributed by atoms with E-state index in [1.165, 1.54) is 0 Å². The molecule has 0 radical (unpaired) electrons. The fourth-order valence-corrected chi connectivity index (χ4v) is 3.22. The summed E-state index contributed by atoms with van der Waals surface area (Å²) in [6, 6.07) is 13.1. The number of benzene rings is 1. The van der Waals surface area contributed by atoms with Gasteiger partial charge in [0.2, 0.25) is 0 Å². The number of amides is 1. The minimum atomic E-state index is -0.0998. The lowest BCUT2D eigenvalue weighted by atomic mass is 10.1. The highest BCUT2D eigenvalue weighted by Gasteiger charge is 2.23. The molecule has 3 aromatic rings. The zero-order valence-electron chi connectivity index (χ0n) is 15.5. The van der Waals surface area contributed by atoms with Gasteiger partial charge in [0.15, 0.2) is 5.65 Å². The molecule has 2 aromatic heterocycles. The maximum Gasteiger partial charge on any atom is 0.257 e. The van der Waals surface area contributed by atoms with Crippen molar-refractivity contribution >= 4 is 28.3 Å². The number of nitrogens with zero attached hydrogens (tertiary/aromatic N) is 4. The number of morpholine rings is 1. The summed E-state index contributed by atoms with van der Waals surface area (Å²) in [5.41, 5.74) is 3.80. The summed E-state index contributed by atoms with van der Waals surface area (Å²) in [5, 5.41) is 13.2. The van der Waals surface area contributed by atoms with Crippen LogP contribution < -0.4 is 5.32 Å². The number of pyridine rings is 2. The molecule has 1 amide bonds. The van der Waals surface area contributed by atoms with E-state index < -0.39 is 0 Å². The molecule has 0 unspecified atom stereocenters. The number of ether oxygens (including phenoxy) is 1. The molecule has 4 rings (SSSR count). The van der Waals surface area contributed by atoms with Crippen molar-refractivity contribution in [1.82, 2.24) is 14.9 Å². The molecule has 7 nitrogen and oxygen atoms in total. The Bertz CT molecular complexity index is 1080. The summed E-state index contributed by atoms with van der Waals surface area (Å²) in [6.45, 7) is 4.05. The number of anilines is 2. The van der Waals surface area contributed by atoms with Crippen LogP contribution in [0.5, 0.6) is 0 Å². The number of fused-ring (bicyclic) bond motifs is 1. The number of aryl methyl sites for hydroxylation is 1. The summed E-state index contributed by atoms with van der Waals surface area (Å²) in [7, 11) is 0. The molecule has 140 valence electrons. The summed E-state index contributed by atoms with van der Waals surface area (Å²) in [5.74, 6) is -0.0998. The van der Waals surface area contributed by atoms with Crippen LogP contribution in [0.25, 0.3) is 11.0 Å². The van der Waals surface area contributed by atoms with E-state index in [-0.39, 0.29) is 5.91 Å². The van der Waals surface area contributed by atoms with Crippen LogP contribution in [-0.4, -0.2) is 47.1 Å². The highest BCUT2D eigenvalue weighted by atomic mass is 16.5. The van der Waals surface area contributed by atoms with Gasteiger partial charge in [-0.2, -0.15) is 5.26 Å². The van der Waals surface area contributed by atoms with Gasteiger partial charge in [0.05, 0.1) is 36.1 Å². The first-order valence-electron chi connectivity index (χ1n) is 9.06. The average Bonchev–Trinajstić information content (AvgIpc) is 2.74. The van der Waals surface area contributed by atoms with Gasteiger partial charge in [0.25, 0.3) is 5.91 Å². The maximum absolute atomic E-state index is 13.2. The number of hydrogen-bond donors (Lipinski definition) is 1. The van der Waals surface area contributed by atoms with Gasteiger partial charge < -0.3 is 15.0 Å². The van der Waals surface area contributed by atoms with Gasteiger partial charge >= 0.3 is 0 Å². The standard InChI is InChI=1S/C21H19N5O2/c1-14-5-6-17-19(25-16-4-2-3-15(11-16)12-22)18(13-23-20(17)24-14)21(27)26-7-9-28-10-8-26/h2-6,11,13H,7-10H2,1H3,(H,23,24,25). The van der Waals surface area contributed by atoms with E-state index in [9.17, 15) is 10.1 Å². The SMILES string of the molecule is Cc1ccc2c(Nc3cccc(C#N)c3)c(C(=O)N3CCOCC3)cnc2n1. The Kier molecular flexibility index (Phi) is 4.87. The van der Waals surface area contributed by atoms with Gasteiger partial charge in [-0.3, -0.25) is 4.79 Å². The van der Waals surface area contributed by atoms with Crippen molar-refractivity contribution in [3.63, 3.8) is 0 Å². The third kappa shape index (κ3) is 3.50. The highest BCUT2D eigenvalue weighted by molar-refractivity contribution is 6.07. The van der Waals surface area contributed by atoms with E-state index in [0.717, 1.165) is 16.8 Å². The van der Waals surface area contributed by atoms with Crippen molar-refractivity contribution in [3.05, 3.63) is 59.4 Å². The zero-order valence-corrected chi connectivity index (χ0v) is 15.5. The highest BCUT2D eigenvalue weighted by Crippen LogP contribution is 2.30. The molecular weight excluding hydrogens is 354 g/mol. The quantitative estimate of drug-likeness (QED) is 0.759. The summed E-state index contributed by atoms with van der Waals surface area (Å²) < 4.78 is 5.35. The first-order valence-corrected chi connectivity index (χ1v) is 9.06. The van der Waals surface area contributed by atoms with Gasteiger partial charge in [-0.05, 0) is 37.3 Å². The fourth-order valence-electron chi connectivity index (χ4n) is 3.22. The number of carbonyl (C=O) groups excluding carboxylic acids is 1. The molecule has 28 heavy (non-hydrogen) atoms. The second-order valence-corrected chi connectivity index (χ2v) is 6.59. The Morgan fingerprint density at radius 2 is 2.07 bits per heavy atom. The van der Waals surface area contributed by atoms with Crippen LogP contribution in [0.2, 0.25) is 0 Å². The number of carbonyl (C=O) groups is 1. The Morgan fingerprint density at radius 1 is 1.25 bits per heavy atom. The molecule has 1 aliphatic rings. The molecule has 7 heteroatoms. The Labute approximate surface area is 162 Å². The predicted octanol–water partition coefficient (Wildman–Crippen LogP) is 3.03. The lowest BCUT2D eigenvalue weighted by Gasteiger charge is -2.27. The van der Waals surface area contributed by atoms with E-state index in [2.05, 4.69) is 21.4 Å². The molecule has 0 spiro atoms. The van der Waals surface area contributed by atoms with Gasteiger partial charge in [-0.25, -0.2) is 9.97 Å². The topological polar surface area (TPSA) is 91.1 Å². The molecule has 1 fully saturated rings. The third-order valence-corrected chi connectivity index (χ3v) is 4.66. The van der Waals surface area contributed by atoms with Crippen LogP contribution in [0.15, 0.2) is 42.6 Å². The number of hydrogen-bond acceptors (Lipinski definition) is 6. The molecule has 1 N–H and O–H groups in total. The normalized spacial score (nSPS) is 13.9. The number of aromatic nitrogens is 2. The smallest absolute Gasteiger partial charge is 0.257 e. The van der Waals surface area contributed by atoms with Crippen LogP contribution in [0.4, 0.5) is 11.4 Å². The Balaban J connectivity index is 1.82. The lowest BCUT2D eigenvalue weighted by molar-refractivity contribution is 0.0303. The molecular formula is C21H19N5O2. The van der Waals surface area contributed by atoms with Crippen LogP contribution in [0, 0.1) is 18.3 Å². The first-order chi connectivity index (χ1) is 13.7. The molecule has 1 aromatic carbocycles. The van der Waals surface area contributed by atoms with Crippen molar-refractivity contribution < 1.29 is 9.53 Å². The molecule has 0 saturated carbocycles. The van der Waals surface area contributed by atoms with Crippen molar-refractivity contribution in [2.75, 3.05) is 31.6 Å². The van der Waals surface area contributed by atoms with Gasteiger partial charge in [0.1, 0.15) is 0 Å². The maximum atomic E-state index is 13.2. The van der Waals surface area contributed by atoms with E-state index in [1.807, 2.05) is 25.1 Å². The van der Waals surface area contributed by atoms with E-state index >= 15 is 0 Å². The van der Waals surface area contributed by atoms with E-state index in [4.69, 9.17) is 4.74 Å². The molecule has 3 heterocycles. The number of rotatable bonds is 3. The van der Waals surface area contributed by atoms with E-state index in [0.29, 0.717) is 48.8 Å². The third-order valence-electron chi connectivity index (χ3n) is 4.66. The van der Waals surface area contributed by atoms with Crippen molar-refractivity contribution in [2.24, 2.45) is 0 Å². The molecule has 1 saturated heterocycles. The summed E-state index contributed by atoms with van der Waals surface area (Å²) in [4.78, 5) is 23.8. The number of nitrogens with one attached hydrogen (secondary N) is 1. The molecule has 0 aliphatic carbocycles. The Hall–Kier alpha value is -3.50. The number of nitriles is 1. The predicted molar refractivity (Wildman–Crippen MR) is 105 cm³/mol. The van der Waals surface area contributed by atoms with E-state index in [1.54, 1.807) is 29.3 Å². The zero-order chi connectivity index (χ0) is 19.5. The average molecular weight is 373 g/mol. The Morgan fingerprint density at radius 3 is 2.86 bits per heavy atom. The van der Waals surface area contributed by atoms with Crippen LogP contribution in [-0.2, 0) is 4.74 Å². The monoisotopic (exact) mass is 373 g/mol. The van der Waals surface area contributed by atoms with Crippen molar-refractivity contribution in [2.45, 2.75) is 6.92 Å². The second-order valence-electron chi connectivity index (χ2n) is 6.59. The fraction of sp³-hybridized carbons (Fsp3) is 0.238. The molecule has 0 bridgehead atoms. The lowest BCUT2D eigenvalue weighted by Crippen LogP contribution is -2.41. The summed E-state index contributed by atoms with van der Waals surface area (Å²) >= 11 is 0. The van der Waals surface area contributed by atoms with Crippen molar-refractivity contribution in [3.8, 4) is 6.07 Å². The van der Waals surface area contributed by atoms with Crippen LogP contribution >= 0.6 is 0 Å². The largest absolute Gasteiger partial charge is 0.378 e. The summed E-state index contributed by atoms with van der Waals surface area (Å²) in [6.07, 6.45) is 1.57. The van der Waals surface area contributed by atoms with Crippen LogP contribution in [0.3, 0.4) is 0 Å². The van der Waals surface area contributed by atoms with Crippen LogP contribution in [0.1, 0.15) is 21.6 Å². The van der Waals surface area contributed by atoms with Gasteiger partial charge in [-0.1, -0.05) is 6.07 Å². The second kappa shape index (κ2) is 7.62. The molecule has 1 aliphatic heterocycles. The minimum absolute atomic E-state index is 0.0998. The van der Waals surface area contributed by atoms with Crippen molar-refractivity contribution in [1.29, 1.82) is 5.26 Å².